The number of piperidine rings is 1. The van der Waals surface area contributed by atoms with Gasteiger partial charge < -0.3 is 15.4 Å². The number of amides is 1. The van der Waals surface area contributed by atoms with E-state index in [0.717, 1.165) is 25.0 Å². The first kappa shape index (κ1) is 15.6. The van der Waals surface area contributed by atoms with Crippen LogP contribution in [0.15, 0.2) is 18.2 Å². The molecule has 0 spiro atoms. The molecule has 0 radical (unpaired) electrons. The minimum Gasteiger partial charge on any atom is -0.434 e. The number of nitrogens with one attached hydrogen (secondary N) is 2. The average Bonchev–Trinajstić information content (AvgIpc) is 2.41. The molecule has 21 heavy (non-hydrogen) atoms. The monoisotopic (exact) mass is 302 g/mol. The maximum Gasteiger partial charge on any atom is 0.387 e. The van der Waals surface area contributed by atoms with Crippen molar-refractivity contribution < 1.29 is 22.7 Å². The molecular weight excluding hydrogens is 285 g/mol. The molecule has 1 aliphatic rings. The van der Waals surface area contributed by atoms with Crippen molar-refractivity contribution in [3.63, 3.8) is 0 Å². The molecule has 1 saturated heterocycles. The van der Waals surface area contributed by atoms with Crippen LogP contribution in [0, 0.1) is 5.82 Å². The normalized spacial score (nSPS) is 18.7. The number of carbonyl (C=O) groups is 1. The molecular formula is C14H17F3N2O2. The van der Waals surface area contributed by atoms with Crippen LogP contribution < -0.4 is 15.4 Å². The van der Waals surface area contributed by atoms with Gasteiger partial charge in [0.05, 0.1) is 0 Å². The van der Waals surface area contributed by atoms with Gasteiger partial charge in [0.1, 0.15) is 11.6 Å². The summed E-state index contributed by atoms with van der Waals surface area (Å²) in [6.45, 7) is -2.27. The number of carbonyl (C=O) groups excluding carboxylic acids is 1. The third kappa shape index (κ3) is 4.93. The van der Waals surface area contributed by atoms with Crippen LogP contribution in [-0.4, -0.2) is 25.1 Å². The van der Waals surface area contributed by atoms with Gasteiger partial charge in [0.25, 0.3) is 0 Å². The summed E-state index contributed by atoms with van der Waals surface area (Å²) in [5.74, 6) is -0.550. The molecule has 2 rings (SSSR count). The lowest BCUT2D eigenvalue weighted by molar-refractivity contribution is -0.123. The van der Waals surface area contributed by atoms with Gasteiger partial charge in [-0.3, -0.25) is 4.79 Å². The summed E-state index contributed by atoms with van der Waals surface area (Å²) in [7, 11) is 0. The Morgan fingerprint density at radius 2 is 2.24 bits per heavy atom. The molecule has 1 atom stereocenters. The van der Waals surface area contributed by atoms with Crippen molar-refractivity contribution in [2.24, 2.45) is 0 Å². The van der Waals surface area contributed by atoms with Crippen molar-refractivity contribution in [2.45, 2.75) is 38.5 Å². The van der Waals surface area contributed by atoms with Crippen molar-refractivity contribution in [1.29, 1.82) is 0 Å². The van der Waals surface area contributed by atoms with Crippen molar-refractivity contribution >= 4 is 5.91 Å². The van der Waals surface area contributed by atoms with Gasteiger partial charge in [-0.05, 0) is 31.0 Å². The first-order valence-electron chi connectivity index (χ1n) is 6.78. The average molecular weight is 302 g/mol. The highest BCUT2D eigenvalue weighted by molar-refractivity contribution is 5.76. The van der Waals surface area contributed by atoms with E-state index in [1.165, 1.54) is 6.07 Å². The molecule has 4 nitrogen and oxygen atoms in total. The summed E-state index contributed by atoms with van der Waals surface area (Å²) < 4.78 is 42.1. The second kappa shape index (κ2) is 7.31. The van der Waals surface area contributed by atoms with Crippen LogP contribution in [0.1, 0.15) is 24.8 Å². The topological polar surface area (TPSA) is 50.4 Å². The highest BCUT2D eigenvalue weighted by Crippen LogP contribution is 2.21. The molecule has 0 saturated carbocycles. The van der Waals surface area contributed by atoms with E-state index in [9.17, 15) is 18.0 Å². The van der Waals surface area contributed by atoms with E-state index in [1.807, 2.05) is 0 Å². The van der Waals surface area contributed by atoms with Crippen LogP contribution in [0.25, 0.3) is 0 Å². The molecule has 7 heteroatoms. The number of benzene rings is 1. The standard InChI is InChI=1S/C14H17F3N2O2/c15-10-4-5-12(21-14(16)17)9(6-10)7-18-8-11-2-1-3-13(20)19-11/h4-6,11,14,18H,1-3,7-8H2,(H,19,20)/t11-/m1/s1. The zero-order chi connectivity index (χ0) is 15.2. The summed E-state index contributed by atoms with van der Waals surface area (Å²) in [6, 6.07) is 3.42. The lowest BCUT2D eigenvalue weighted by Gasteiger charge is -2.23. The van der Waals surface area contributed by atoms with Gasteiger partial charge >= 0.3 is 6.61 Å². The van der Waals surface area contributed by atoms with Gasteiger partial charge in [-0.15, -0.1) is 0 Å². The lowest BCUT2D eigenvalue weighted by Crippen LogP contribution is -2.44. The van der Waals surface area contributed by atoms with Crippen LogP contribution in [0.2, 0.25) is 0 Å². The van der Waals surface area contributed by atoms with Crippen LogP contribution in [-0.2, 0) is 11.3 Å². The van der Waals surface area contributed by atoms with Gasteiger partial charge in [0, 0.05) is 31.1 Å². The quantitative estimate of drug-likeness (QED) is 0.847. The summed E-state index contributed by atoms with van der Waals surface area (Å²) in [5, 5.41) is 5.86. The second-order valence-corrected chi connectivity index (χ2v) is 4.92. The minimum atomic E-state index is -2.95. The predicted molar refractivity (Wildman–Crippen MR) is 70.5 cm³/mol. The van der Waals surface area contributed by atoms with Crippen molar-refractivity contribution in [3.05, 3.63) is 29.6 Å². The summed E-state index contributed by atoms with van der Waals surface area (Å²) in [5.41, 5.74) is 0.317. The summed E-state index contributed by atoms with van der Waals surface area (Å²) in [4.78, 5) is 11.2. The van der Waals surface area contributed by atoms with E-state index >= 15 is 0 Å². The van der Waals surface area contributed by atoms with Gasteiger partial charge in [-0.1, -0.05) is 0 Å². The first-order valence-corrected chi connectivity index (χ1v) is 6.78. The van der Waals surface area contributed by atoms with E-state index < -0.39 is 12.4 Å². The van der Waals surface area contributed by atoms with Gasteiger partial charge in [-0.2, -0.15) is 8.78 Å². The number of ether oxygens (including phenoxy) is 1. The Kier molecular flexibility index (Phi) is 5.44. The van der Waals surface area contributed by atoms with E-state index in [0.29, 0.717) is 18.5 Å². The molecule has 1 aromatic carbocycles. The fourth-order valence-electron chi connectivity index (χ4n) is 2.31. The number of hydrogen-bond donors (Lipinski definition) is 2. The molecule has 0 aliphatic carbocycles. The molecule has 0 aromatic heterocycles. The van der Waals surface area contributed by atoms with Crippen LogP contribution >= 0.6 is 0 Å². The van der Waals surface area contributed by atoms with E-state index in [1.54, 1.807) is 0 Å². The fraction of sp³-hybridized carbons (Fsp3) is 0.500. The number of rotatable bonds is 6. The predicted octanol–water partition coefficient (Wildman–Crippen LogP) is 2.19. The van der Waals surface area contributed by atoms with Crippen molar-refractivity contribution in [1.82, 2.24) is 10.6 Å². The Labute approximate surface area is 120 Å². The molecule has 0 bridgehead atoms. The smallest absolute Gasteiger partial charge is 0.387 e. The van der Waals surface area contributed by atoms with Crippen LogP contribution in [0.5, 0.6) is 5.75 Å². The fourth-order valence-corrected chi connectivity index (χ4v) is 2.31. The molecule has 1 heterocycles. The third-order valence-corrected chi connectivity index (χ3v) is 3.27. The number of hydrogen-bond acceptors (Lipinski definition) is 3. The van der Waals surface area contributed by atoms with Gasteiger partial charge in [0.15, 0.2) is 0 Å². The Bertz CT molecular complexity index is 497. The minimum absolute atomic E-state index is 0.0132. The molecule has 1 aromatic rings. The van der Waals surface area contributed by atoms with Gasteiger partial charge in [-0.25, -0.2) is 4.39 Å². The summed E-state index contributed by atoms with van der Waals surface area (Å²) in [6.07, 6.45) is 2.23. The van der Waals surface area contributed by atoms with Gasteiger partial charge in [0.2, 0.25) is 5.91 Å². The molecule has 1 amide bonds. The van der Waals surface area contributed by atoms with Crippen LogP contribution in [0.4, 0.5) is 13.2 Å². The first-order chi connectivity index (χ1) is 10.0. The van der Waals surface area contributed by atoms with Crippen molar-refractivity contribution in [2.75, 3.05) is 6.54 Å². The molecule has 1 aliphatic heterocycles. The highest BCUT2D eigenvalue weighted by atomic mass is 19.3. The maximum atomic E-state index is 13.2. The Morgan fingerprint density at radius 1 is 1.43 bits per heavy atom. The third-order valence-electron chi connectivity index (χ3n) is 3.27. The van der Waals surface area contributed by atoms with E-state index in [-0.39, 0.29) is 24.2 Å². The van der Waals surface area contributed by atoms with Crippen molar-refractivity contribution in [3.8, 4) is 5.75 Å². The Balaban J connectivity index is 1.89. The molecule has 2 N–H and O–H groups in total. The maximum absolute atomic E-state index is 13.2. The number of alkyl halides is 2. The molecule has 116 valence electrons. The van der Waals surface area contributed by atoms with E-state index in [2.05, 4.69) is 15.4 Å². The van der Waals surface area contributed by atoms with Crippen LogP contribution in [0.3, 0.4) is 0 Å². The molecule has 0 unspecified atom stereocenters. The largest absolute Gasteiger partial charge is 0.434 e. The SMILES string of the molecule is O=C1CCC[C@H](CNCc2cc(F)ccc2OC(F)F)N1. The lowest BCUT2D eigenvalue weighted by atomic mass is 10.0. The second-order valence-electron chi connectivity index (χ2n) is 4.92. The number of halogens is 3. The molecule has 1 fully saturated rings. The zero-order valence-corrected chi connectivity index (χ0v) is 11.4. The Morgan fingerprint density at radius 3 is 2.95 bits per heavy atom. The Hall–Kier alpha value is -1.76. The van der Waals surface area contributed by atoms with E-state index in [4.69, 9.17) is 0 Å². The summed E-state index contributed by atoms with van der Waals surface area (Å²) >= 11 is 0. The zero-order valence-electron chi connectivity index (χ0n) is 11.4. The highest BCUT2D eigenvalue weighted by Gasteiger charge is 2.18.